The Hall–Kier alpha value is -1.84. The molecular formula is C18H24N2O2. The van der Waals surface area contributed by atoms with Crippen molar-refractivity contribution in [3.63, 3.8) is 0 Å². The van der Waals surface area contributed by atoms with Gasteiger partial charge in [-0.3, -0.25) is 9.59 Å². The van der Waals surface area contributed by atoms with E-state index < -0.39 is 0 Å². The average Bonchev–Trinajstić information content (AvgIpc) is 2.50. The van der Waals surface area contributed by atoms with Crippen LogP contribution in [0.15, 0.2) is 24.3 Å². The number of piperidine rings is 1. The Morgan fingerprint density at radius 2 is 1.77 bits per heavy atom. The molecule has 0 bridgehead atoms. The number of para-hydroxylation sites is 1. The second-order valence-electron chi connectivity index (χ2n) is 6.64. The van der Waals surface area contributed by atoms with Crippen molar-refractivity contribution in [3.8, 4) is 0 Å². The summed E-state index contributed by atoms with van der Waals surface area (Å²) >= 11 is 0. The monoisotopic (exact) mass is 300 g/mol. The minimum Gasteiger partial charge on any atom is -0.337 e. The number of nitrogens with zero attached hydrogens (tertiary/aromatic N) is 2. The molecule has 22 heavy (non-hydrogen) atoms. The molecule has 4 nitrogen and oxygen atoms in total. The highest BCUT2D eigenvalue weighted by Gasteiger charge is 2.39. The number of anilines is 1. The summed E-state index contributed by atoms with van der Waals surface area (Å²) < 4.78 is 0. The van der Waals surface area contributed by atoms with Crippen molar-refractivity contribution >= 4 is 17.5 Å². The number of hydrogen-bond acceptors (Lipinski definition) is 2. The first-order chi connectivity index (χ1) is 10.5. The molecule has 118 valence electrons. The van der Waals surface area contributed by atoms with E-state index in [1.165, 1.54) is 6.42 Å². The Labute approximate surface area is 132 Å². The van der Waals surface area contributed by atoms with Crippen LogP contribution in [0.1, 0.15) is 51.0 Å². The predicted molar refractivity (Wildman–Crippen MR) is 86.8 cm³/mol. The van der Waals surface area contributed by atoms with Crippen molar-refractivity contribution < 1.29 is 9.59 Å². The van der Waals surface area contributed by atoms with Gasteiger partial charge < -0.3 is 9.80 Å². The van der Waals surface area contributed by atoms with Gasteiger partial charge in [-0.25, -0.2) is 0 Å². The Bertz CT molecular complexity index is 589. The lowest BCUT2D eigenvalue weighted by Gasteiger charge is -2.42. The SMILES string of the molecule is CC1CCCC(C)N1C(=O)C1CC(=O)N(C)c2ccccc21. The molecule has 3 unspecified atom stereocenters. The maximum Gasteiger partial charge on any atom is 0.231 e. The molecule has 0 N–H and O–H groups in total. The summed E-state index contributed by atoms with van der Waals surface area (Å²) in [6.45, 7) is 4.24. The van der Waals surface area contributed by atoms with Gasteiger partial charge in [0.15, 0.2) is 0 Å². The van der Waals surface area contributed by atoms with Gasteiger partial charge in [-0.05, 0) is 44.7 Å². The molecule has 2 aliphatic rings. The predicted octanol–water partition coefficient (Wildman–Crippen LogP) is 2.93. The lowest BCUT2D eigenvalue weighted by Crippen LogP contribution is -2.50. The number of carbonyl (C=O) groups excluding carboxylic acids is 2. The van der Waals surface area contributed by atoms with Crippen LogP contribution in [0.4, 0.5) is 5.69 Å². The smallest absolute Gasteiger partial charge is 0.231 e. The van der Waals surface area contributed by atoms with E-state index >= 15 is 0 Å². The minimum absolute atomic E-state index is 0.0226. The molecule has 0 aromatic heterocycles. The number of hydrogen-bond donors (Lipinski definition) is 0. The molecule has 2 amide bonds. The molecule has 0 aliphatic carbocycles. The number of benzene rings is 1. The maximum absolute atomic E-state index is 13.1. The van der Waals surface area contributed by atoms with Gasteiger partial charge in [-0.2, -0.15) is 0 Å². The summed E-state index contributed by atoms with van der Waals surface area (Å²) in [6.07, 6.45) is 3.56. The molecule has 2 aliphatic heterocycles. The van der Waals surface area contributed by atoms with Gasteiger partial charge in [0, 0.05) is 31.2 Å². The highest BCUT2D eigenvalue weighted by molar-refractivity contribution is 6.02. The Balaban J connectivity index is 1.96. The molecule has 1 aromatic carbocycles. The summed E-state index contributed by atoms with van der Waals surface area (Å²) in [5.74, 6) is -0.189. The number of amides is 2. The average molecular weight is 300 g/mol. The van der Waals surface area contributed by atoms with E-state index in [9.17, 15) is 9.59 Å². The third kappa shape index (κ3) is 2.40. The first-order valence-corrected chi connectivity index (χ1v) is 8.18. The molecule has 1 aromatic rings. The van der Waals surface area contributed by atoms with Crippen molar-refractivity contribution in [2.24, 2.45) is 0 Å². The van der Waals surface area contributed by atoms with Gasteiger partial charge >= 0.3 is 0 Å². The topological polar surface area (TPSA) is 40.6 Å². The second-order valence-corrected chi connectivity index (χ2v) is 6.64. The van der Waals surface area contributed by atoms with Crippen LogP contribution >= 0.6 is 0 Å². The normalized spacial score (nSPS) is 28.5. The quantitative estimate of drug-likeness (QED) is 0.800. The Kier molecular flexibility index (Phi) is 3.94. The zero-order valence-electron chi connectivity index (χ0n) is 13.6. The van der Waals surface area contributed by atoms with Gasteiger partial charge in [-0.15, -0.1) is 0 Å². The summed E-state index contributed by atoms with van der Waals surface area (Å²) in [7, 11) is 1.79. The second kappa shape index (κ2) is 5.75. The van der Waals surface area contributed by atoms with E-state index in [0.29, 0.717) is 0 Å². The van der Waals surface area contributed by atoms with E-state index in [1.54, 1.807) is 11.9 Å². The molecule has 1 saturated heterocycles. The third-order valence-corrected chi connectivity index (χ3v) is 5.17. The van der Waals surface area contributed by atoms with Crippen LogP contribution in [0, 0.1) is 0 Å². The van der Waals surface area contributed by atoms with Crippen molar-refractivity contribution in [2.75, 3.05) is 11.9 Å². The molecule has 0 spiro atoms. The van der Waals surface area contributed by atoms with Gasteiger partial charge in [0.1, 0.15) is 0 Å². The van der Waals surface area contributed by atoms with E-state index in [0.717, 1.165) is 24.1 Å². The number of carbonyl (C=O) groups is 2. The zero-order chi connectivity index (χ0) is 15.9. The van der Waals surface area contributed by atoms with E-state index in [4.69, 9.17) is 0 Å². The van der Waals surface area contributed by atoms with E-state index in [2.05, 4.69) is 13.8 Å². The molecule has 2 heterocycles. The van der Waals surface area contributed by atoms with Crippen LogP contribution in [0.25, 0.3) is 0 Å². The third-order valence-electron chi connectivity index (χ3n) is 5.17. The largest absolute Gasteiger partial charge is 0.337 e. The molecule has 0 radical (unpaired) electrons. The highest BCUT2D eigenvalue weighted by Crippen LogP contribution is 2.38. The standard InChI is InChI=1S/C18H24N2O2/c1-12-7-6-8-13(2)20(12)18(22)15-11-17(21)19(3)16-10-5-4-9-14(15)16/h4-5,9-10,12-13,15H,6-8,11H2,1-3H3. The summed E-state index contributed by atoms with van der Waals surface area (Å²) in [5.41, 5.74) is 1.86. The number of fused-ring (bicyclic) bond motifs is 1. The maximum atomic E-state index is 13.1. The fourth-order valence-electron chi connectivity index (χ4n) is 3.90. The fraction of sp³-hybridized carbons (Fsp3) is 0.556. The summed E-state index contributed by atoms with van der Waals surface area (Å²) in [5, 5.41) is 0. The van der Waals surface area contributed by atoms with Crippen molar-refractivity contribution in [1.82, 2.24) is 4.90 Å². The first-order valence-electron chi connectivity index (χ1n) is 8.18. The van der Waals surface area contributed by atoms with Crippen molar-refractivity contribution in [3.05, 3.63) is 29.8 Å². The van der Waals surface area contributed by atoms with E-state index in [1.807, 2.05) is 29.2 Å². The number of likely N-dealkylation sites (tertiary alicyclic amines) is 1. The lowest BCUT2D eigenvalue weighted by molar-refractivity contribution is -0.140. The Morgan fingerprint density at radius 1 is 1.14 bits per heavy atom. The lowest BCUT2D eigenvalue weighted by atomic mass is 9.86. The first kappa shape index (κ1) is 15.1. The van der Waals surface area contributed by atoms with Crippen molar-refractivity contribution in [2.45, 2.75) is 57.5 Å². The van der Waals surface area contributed by atoms with E-state index in [-0.39, 0.29) is 36.2 Å². The van der Waals surface area contributed by atoms with Gasteiger partial charge in [0.05, 0.1) is 5.92 Å². The van der Waals surface area contributed by atoms with Crippen LogP contribution in [-0.2, 0) is 9.59 Å². The summed E-state index contributed by atoms with van der Waals surface area (Å²) in [4.78, 5) is 29.1. The number of rotatable bonds is 1. The van der Waals surface area contributed by atoms with Crippen LogP contribution in [0.3, 0.4) is 0 Å². The zero-order valence-corrected chi connectivity index (χ0v) is 13.6. The van der Waals surface area contributed by atoms with Gasteiger partial charge in [-0.1, -0.05) is 18.2 Å². The summed E-state index contributed by atoms with van der Waals surface area (Å²) in [6, 6.07) is 8.31. The molecule has 1 fully saturated rings. The van der Waals surface area contributed by atoms with Crippen molar-refractivity contribution in [1.29, 1.82) is 0 Å². The van der Waals surface area contributed by atoms with Crippen LogP contribution in [0.5, 0.6) is 0 Å². The van der Waals surface area contributed by atoms with Crippen LogP contribution in [0.2, 0.25) is 0 Å². The van der Waals surface area contributed by atoms with Gasteiger partial charge in [0.25, 0.3) is 0 Å². The molecule has 4 heteroatoms. The molecule has 3 rings (SSSR count). The molecular weight excluding hydrogens is 276 g/mol. The Morgan fingerprint density at radius 3 is 2.45 bits per heavy atom. The fourth-order valence-corrected chi connectivity index (χ4v) is 3.90. The van der Waals surface area contributed by atoms with Gasteiger partial charge in [0.2, 0.25) is 11.8 Å². The minimum atomic E-state index is -0.331. The molecule has 0 saturated carbocycles. The van der Waals surface area contributed by atoms with Crippen LogP contribution in [-0.4, -0.2) is 35.8 Å². The molecule has 3 atom stereocenters. The highest BCUT2D eigenvalue weighted by atomic mass is 16.2. The van der Waals surface area contributed by atoms with Crippen LogP contribution < -0.4 is 4.90 Å².